The number of aliphatic imine (C=N–C) groups is 1. The molecule has 1 aromatic carbocycles. The maximum Gasteiger partial charge on any atom is 0.303 e. The molecule has 0 aromatic heterocycles. The number of morpholine rings is 1. The van der Waals surface area contributed by atoms with Crippen LogP contribution >= 0.6 is 0 Å². The molecule has 1 amide bonds. The smallest absolute Gasteiger partial charge is 0.303 e. The second kappa shape index (κ2) is 10.7. The molecule has 10 heteroatoms. The molecule has 4 aliphatic rings. The third kappa shape index (κ3) is 5.41. The Morgan fingerprint density at radius 2 is 1.76 bits per heavy atom. The fraction of sp³-hybridized carbons (Fsp3) is 0.643. The summed E-state index contributed by atoms with van der Waals surface area (Å²) in [6.07, 6.45) is 6.40. The molecule has 1 unspecified atom stereocenters. The summed E-state index contributed by atoms with van der Waals surface area (Å²) in [6, 6.07) is 3.87. The van der Waals surface area contributed by atoms with E-state index in [9.17, 15) is 18.3 Å². The monoisotopic (exact) mass is 545 g/mol. The molecule has 5 rings (SSSR count). The van der Waals surface area contributed by atoms with E-state index in [1.807, 2.05) is 26.0 Å². The predicted molar refractivity (Wildman–Crippen MR) is 149 cm³/mol. The van der Waals surface area contributed by atoms with Crippen LogP contribution in [0.3, 0.4) is 0 Å². The molecule has 3 fully saturated rings. The molecule has 0 bridgehead atoms. The van der Waals surface area contributed by atoms with Crippen molar-refractivity contribution in [1.82, 2.24) is 9.62 Å². The van der Waals surface area contributed by atoms with Crippen LogP contribution in [0, 0.1) is 25.7 Å². The molecule has 1 aliphatic carbocycles. The van der Waals surface area contributed by atoms with E-state index in [2.05, 4.69) is 22.0 Å². The standard InChI is InChI=1S/C28H40N4O5S/c1-19-4-6-22(7-5-19)26-29-27(34)28(30-26)9-11-31(12-10-28)38(35,36)15-8-24-20(2)16-23(17-21(24)3)32-13-14-37-18-25(32)33/h8,15-17,19,22,27,34H,4-7,9-14,18H2,1-3H3,(H,29,30)/p+1/b15-8+. The highest BCUT2D eigenvalue weighted by atomic mass is 32.2. The molecule has 1 saturated carbocycles. The van der Waals surface area contributed by atoms with Crippen LogP contribution in [0.25, 0.3) is 6.08 Å². The first-order valence-corrected chi connectivity index (χ1v) is 15.4. The highest BCUT2D eigenvalue weighted by molar-refractivity contribution is 7.92. The number of hydrogen-bond acceptors (Lipinski definition) is 6. The lowest BCUT2D eigenvalue weighted by molar-refractivity contribution is -0.139. The number of nitrogens with one attached hydrogen (secondary N) is 1. The van der Waals surface area contributed by atoms with Gasteiger partial charge in [-0.15, -0.1) is 0 Å². The van der Waals surface area contributed by atoms with E-state index in [-0.39, 0.29) is 12.5 Å². The van der Waals surface area contributed by atoms with Crippen LogP contribution in [-0.2, 0) is 14.8 Å². The minimum absolute atomic E-state index is 0.0171. The fourth-order valence-electron chi connectivity index (χ4n) is 6.31. The van der Waals surface area contributed by atoms with Gasteiger partial charge in [-0.2, -0.15) is 4.31 Å². The van der Waals surface area contributed by atoms with Gasteiger partial charge >= 0.3 is 5.91 Å². The number of carbonyl (C=O) groups is 1. The first-order chi connectivity index (χ1) is 18.1. The summed E-state index contributed by atoms with van der Waals surface area (Å²) in [6.45, 7) is 8.21. The van der Waals surface area contributed by atoms with Crippen molar-refractivity contribution in [3.05, 3.63) is 34.2 Å². The SMILES string of the molecule is Cc1cc(N2CC[OH+]CC2=O)cc(C)c1/C=C/S(=O)(=O)N1CCC2(CC1)NC(C1CCC(C)CC1)=NC2O. The molecule has 1 atom stereocenters. The predicted octanol–water partition coefficient (Wildman–Crippen LogP) is 2.46. The van der Waals surface area contributed by atoms with Crippen LogP contribution in [0.2, 0.25) is 0 Å². The number of carbonyl (C=O) groups excluding carboxylic acids is 1. The van der Waals surface area contributed by atoms with Gasteiger partial charge in [0.15, 0.2) is 12.8 Å². The summed E-state index contributed by atoms with van der Waals surface area (Å²) >= 11 is 0. The van der Waals surface area contributed by atoms with Crippen molar-refractivity contribution < 1.29 is 23.1 Å². The Bertz CT molecular complexity index is 1200. The molecule has 0 radical (unpaired) electrons. The second-order valence-corrected chi connectivity index (χ2v) is 13.3. The van der Waals surface area contributed by atoms with Gasteiger partial charge in [0.2, 0.25) is 16.6 Å². The maximum atomic E-state index is 13.2. The number of hydrogen-bond donors (Lipinski definition) is 2. The maximum absolute atomic E-state index is 13.2. The van der Waals surface area contributed by atoms with Crippen molar-refractivity contribution in [2.24, 2.45) is 16.8 Å². The van der Waals surface area contributed by atoms with Crippen molar-refractivity contribution in [3.8, 4) is 0 Å². The first kappa shape index (κ1) is 27.3. The fourth-order valence-corrected chi connectivity index (χ4v) is 7.48. The molecule has 38 heavy (non-hydrogen) atoms. The van der Waals surface area contributed by atoms with Crippen LogP contribution in [-0.4, -0.2) is 78.9 Å². The van der Waals surface area contributed by atoms with E-state index in [0.29, 0.717) is 45.0 Å². The lowest BCUT2D eigenvalue weighted by Gasteiger charge is -2.40. The third-order valence-electron chi connectivity index (χ3n) is 8.84. The normalized spacial score (nSPS) is 28.6. The van der Waals surface area contributed by atoms with Crippen molar-refractivity contribution in [2.45, 2.75) is 71.1 Å². The Labute approximate surface area is 226 Å². The van der Waals surface area contributed by atoms with Crippen molar-refractivity contribution in [1.29, 1.82) is 0 Å². The van der Waals surface area contributed by atoms with Crippen molar-refractivity contribution in [2.75, 3.05) is 37.7 Å². The highest BCUT2D eigenvalue weighted by Gasteiger charge is 2.48. The van der Waals surface area contributed by atoms with Gasteiger partial charge in [0, 0.05) is 30.1 Å². The number of aryl methyl sites for hydroxylation is 2. The number of amides is 1. The topological polar surface area (TPSA) is 115 Å². The summed E-state index contributed by atoms with van der Waals surface area (Å²) in [5.74, 6) is 2.01. The Hall–Kier alpha value is -2.27. The molecule has 1 aromatic rings. The molecule has 208 valence electrons. The molecule has 1 spiro atoms. The average molecular weight is 546 g/mol. The summed E-state index contributed by atoms with van der Waals surface area (Å²) < 4.78 is 32.1. The first-order valence-electron chi connectivity index (χ1n) is 13.8. The van der Waals surface area contributed by atoms with E-state index >= 15 is 0 Å². The number of rotatable bonds is 5. The van der Waals surface area contributed by atoms with E-state index in [1.165, 1.54) is 22.6 Å². The zero-order chi connectivity index (χ0) is 27.1. The van der Waals surface area contributed by atoms with Crippen molar-refractivity contribution in [3.63, 3.8) is 0 Å². The van der Waals surface area contributed by atoms with Crippen LogP contribution in [0.4, 0.5) is 5.69 Å². The van der Waals surface area contributed by atoms with Gasteiger partial charge < -0.3 is 15.2 Å². The Balaban J connectivity index is 1.23. The van der Waals surface area contributed by atoms with Crippen molar-refractivity contribution >= 4 is 33.5 Å². The Morgan fingerprint density at radius 1 is 1.11 bits per heavy atom. The summed E-state index contributed by atoms with van der Waals surface area (Å²) in [5.41, 5.74) is 2.93. The van der Waals surface area contributed by atoms with Gasteiger partial charge in [0.25, 0.3) is 0 Å². The van der Waals surface area contributed by atoms with Gasteiger partial charge in [-0.1, -0.05) is 19.8 Å². The van der Waals surface area contributed by atoms with Gasteiger partial charge in [0.1, 0.15) is 5.84 Å². The number of nitrogens with zero attached hydrogens (tertiary/aromatic N) is 3. The van der Waals surface area contributed by atoms with Crippen LogP contribution in [0.15, 0.2) is 22.5 Å². The minimum Gasteiger partial charge on any atom is -0.425 e. The number of benzene rings is 1. The lowest BCUT2D eigenvalue weighted by Crippen LogP contribution is -2.58. The summed E-state index contributed by atoms with van der Waals surface area (Å²) in [4.78, 5) is 18.6. The van der Waals surface area contributed by atoms with Crippen LogP contribution in [0.5, 0.6) is 0 Å². The van der Waals surface area contributed by atoms with E-state index in [4.69, 9.17) is 0 Å². The Morgan fingerprint density at radius 3 is 2.39 bits per heavy atom. The highest BCUT2D eigenvalue weighted by Crippen LogP contribution is 2.36. The molecule has 3 aliphatic heterocycles. The quantitative estimate of drug-likeness (QED) is 0.552. The number of amidine groups is 1. The zero-order valence-electron chi connectivity index (χ0n) is 22.7. The molecule has 9 nitrogen and oxygen atoms in total. The van der Waals surface area contributed by atoms with Crippen LogP contribution < -0.4 is 10.2 Å². The molecular weight excluding hydrogens is 504 g/mol. The number of ether oxygens (including phenoxy) is 1. The van der Waals surface area contributed by atoms with E-state index < -0.39 is 21.8 Å². The number of aliphatic hydroxyl groups excluding tert-OH is 1. The minimum atomic E-state index is -3.63. The number of aliphatic hydroxyl groups is 3. The number of anilines is 1. The van der Waals surface area contributed by atoms with E-state index in [1.54, 1.807) is 11.0 Å². The molecule has 3 N–H and O–H groups in total. The molecular formula is C28H41N4O5S+. The third-order valence-corrected chi connectivity index (χ3v) is 10.4. The van der Waals surface area contributed by atoms with Crippen LogP contribution in [0.1, 0.15) is 62.1 Å². The summed E-state index contributed by atoms with van der Waals surface area (Å²) in [5, 5.41) is 15.7. The Kier molecular flexibility index (Phi) is 7.70. The molecule has 2 saturated heterocycles. The largest absolute Gasteiger partial charge is 0.425 e. The lowest BCUT2D eigenvalue weighted by atomic mass is 9.81. The number of sulfonamides is 1. The van der Waals surface area contributed by atoms with E-state index in [0.717, 1.165) is 47.0 Å². The second-order valence-electron chi connectivity index (χ2n) is 11.5. The van der Waals surface area contributed by atoms with Gasteiger partial charge in [-0.25, -0.2) is 13.4 Å². The summed E-state index contributed by atoms with van der Waals surface area (Å²) in [7, 11) is -3.63. The van der Waals surface area contributed by atoms with Gasteiger partial charge in [0.05, 0.1) is 12.1 Å². The van der Waals surface area contributed by atoms with Gasteiger partial charge in [-0.05, 0) is 80.3 Å². The zero-order valence-corrected chi connectivity index (χ0v) is 23.5. The molecule has 3 heterocycles. The number of piperidine rings is 1. The average Bonchev–Trinajstić information content (AvgIpc) is 3.19. The van der Waals surface area contributed by atoms with Gasteiger partial charge in [-0.3, -0.25) is 9.69 Å².